The SMILES string of the molecule is C[Si](C)(C)CCOCn1ncc2nc(C(N)Cc3cc(F)cc(F)c3)c(-c3ccc(Cl)c(C(=O)O)c3)cc21. The number of fused-ring (bicyclic) bond motifs is 1. The van der Waals surface area contributed by atoms with Crippen molar-refractivity contribution in [1.29, 1.82) is 0 Å². The van der Waals surface area contributed by atoms with E-state index in [1.165, 1.54) is 24.3 Å². The smallest absolute Gasteiger partial charge is 0.337 e. The topological polar surface area (TPSA) is 103 Å². The summed E-state index contributed by atoms with van der Waals surface area (Å²) in [6.07, 6.45) is 1.71. The minimum absolute atomic E-state index is 0.0702. The van der Waals surface area contributed by atoms with Crippen molar-refractivity contribution in [3.63, 3.8) is 0 Å². The lowest BCUT2D eigenvalue weighted by Gasteiger charge is -2.18. The fourth-order valence-electron chi connectivity index (χ4n) is 4.10. The molecule has 38 heavy (non-hydrogen) atoms. The number of aromatic carboxylic acids is 1. The number of carboxylic acid groups (broad SMARTS) is 1. The molecule has 2 heterocycles. The molecule has 0 fully saturated rings. The van der Waals surface area contributed by atoms with Crippen molar-refractivity contribution in [2.75, 3.05) is 6.61 Å². The molecule has 7 nitrogen and oxygen atoms in total. The van der Waals surface area contributed by atoms with E-state index in [1.807, 2.05) is 6.07 Å². The number of ether oxygens (including phenoxy) is 1. The predicted molar refractivity (Wildman–Crippen MR) is 146 cm³/mol. The van der Waals surface area contributed by atoms with Crippen LogP contribution in [-0.4, -0.2) is 40.5 Å². The molecule has 0 saturated carbocycles. The third-order valence-corrected chi connectivity index (χ3v) is 8.14. The molecule has 4 rings (SSSR count). The normalized spacial score (nSPS) is 12.7. The summed E-state index contributed by atoms with van der Waals surface area (Å²) in [5.41, 5.74) is 9.59. The first-order valence-corrected chi connectivity index (χ1v) is 16.2. The Morgan fingerprint density at radius 1 is 1.16 bits per heavy atom. The number of nitrogens with zero attached hydrogens (tertiary/aromatic N) is 3. The largest absolute Gasteiger partial charge is 0.478 e. The van der Waals surface area contributed by atoms with Crippen LogP contribution >= 0.6 is 11.6 Å². The highest BCUT2D eigenvalue weighted by molar-refractivity contribution is 6.76. The Bertz CT molecular complexity index is 1470. The quantitative estimate of drug-likeness (QED) is 0.175. The van der Waals surface area contributed by atoms with Gasteiger partial charge in [0.25, 0.3) is 0 Å². The molecule has 0 aliphatic carbocycles. The van der Waals surface area contributed by atoms with Gasteiger partial charge in [-0.15, -0.1) is 0 Å². The van der Waals surface area contributed by atoms with Crippen molar-refractivity contribution in [2.45, 2.75) is 44.9 Å². The van der Waals surface area contributed by atoms with Gasteiger partial charge < -0.3 is 15.6 Å². The van der Waals surface area contributed by atoms with E-state index in [-0.39, 0.29) is 23.7 Å². The number of nitrogens with two attached hydrogens (primary N) is 1. The van der Waals surface area contributed by atoms with Gasteiger partial charge >= 0.3 is 5.97 Å². The van der Waals surface area contributed by atoms with Crippen LogP contribution in [0.25, 0.3) is 22.2 Å². The Kier molecular flexibility index (Phi) is 8.27. The third kappa shape index (κ3) is 6.62. The molecular weight excluding hydrogens is 530 g/mol. The van der Waals surface area contributed by atoms with Crippen molar-refractivity contribution >= 4 is 36.7 Å². The van der Waals surface area contributed by atoms with E-state index in [9.17, 15) is 18.7 Å². The molecule has 0 aliphatic heterocycles. The van der Waals surface area contributed by atoms with Crippen molar-refractivity contribution in [3.8, 4) is 11.1 Å². The van der Waals surface area contributed by atoms with Crippen LogP contribution in [0.3, 0.4) is 0 Å². The average Bonchev–Trinajstić information content (AvgIpc) is 3.22. The Labute approximate surface area is 225 Å². The Hall–Kier alpha value is -3.18. The summed E-state index contributed by atoms with van der Waals surface area (Å²) in [4.78, 5) is 16.5. The van der Waals surface area contributed by atoms with E-state index in [1.54, 1.807) is 16.9 Å². The number of halogens is 3. The number of hydrogen-bond acceptors (Lipinski definition) is 5. The van der Waals surface area contributed by atoms with Gasteiger partial charge in [0.2, 0.25) is 0 Å². The number of benzene rings is 2. The molecule has 11 heteroatoms. The highest BCUT2D eigenvalue weighted by Crippen LogP contribution is 2.33. The number of hydrogen-bond donors (Lipinski definition) is 2. The van der Waals surface area contributed by atoms with Gasteiger partial charge in [-0.05, 0) is 53.9 Å². The minimum atomic E-state index is -1.25. The molecule has 3 N–H and O–H groups in total. The van der Waals surface area contributed by atoms with Gasteiger partial charge in [0.1, 0.15) is 23.9 Å². The summed E-state index contributed by atoms with van der Waals surface area (Å²) >= 11 is 6.10. The van der Waals surface area contributed by atoms with Crippen molar-refractivity contribution in [1.82, 2.24) is 14.8 Å². The predicted octanol–water partition coefficient (Wildman–Crippen LogP) is 6.28. The van der Waals surface area contributed by atoms with E-state index in [4.69, 9.17) is 27.1 Å². The fraction of sp³-hybridized carbons (Fsp3) is 0.296. The van der Waals surface area contributed by atoms with E-state index in [0.717, 1.165) is 12.1 Å². The lowest BCUT2D eigenvalue weighted by Crippen LogP contribution is -2.22. The maximum atomic E-state index is 13.8. The van der Waals surface area contributed by atoms with Gasteiger partial charge in [-0.3, -0.25) is 0 Å². The summed E-state index contributed by atoms with van der Waals surface area (Å²) in [5, 5.41) is 14.1. The number of carboxylic acids is 1. The molecule has 0 bridgehead atoms. The van der Waals surface area contributed by atoms with Gasteiger partial charge in [0.05, 0.1) is 34.0 Å². The third-order valence-electron chi connectivity index (χ3n) is 6.10. The van der Waals surface area contributed by atoms with Crippen molar-refractivity contribution < 1.29 is 23.4 Å². The van der Waals surface area contributed by atoms with Gasteiger partial charge in [-0.1, -0.05) is 37.3 Å². The lowest BCUT2D eigenvalue weighted by molar-refractivity contribution is 0.0697. The van der Waals surface area contributed by atoms with Crippen LogP contribution in [0.5, 0.6) is 0 Å². The van der Waals surface area contributed by atoms with Gasteiger partial charge in [0, 0.05) is 26.3 Å². The lowest BCUT2D eigenvalue weighted by atomic mass is 9.94. The molecular formula is C27H29ClF2N4O3Si. The molecule has 0 aliphatic rings. The average molecular weight is 559 g/mol. The maximum Gasteiger partial charge on any atom is 0.337 e. The zero-order valence-electron chi connectivity index (χ0n) is 21.3. The molecule has 200 valence electrons. The number of rotatable bonds is 10. The molecule has 0 amide bonds. The number of pyridine rings is 1. The second kappa shape index (κ2) is 11.3. The van der Waals surface area contributed by atoms with Crippen LogP contribution in [-0.2, 0) is 17.9 Å². The maximum absolute atomic E-state index is 13.8. The summed E-state index contributed by atoms with van der Waals surface area (Å²) < 4.78 is 35.2. The van der Waals surface area contributed by atoms with E-state index < -0.39 is 31.7 Å². The monoisotopic (exact) mass is 558 g/mol. The molecule has 2 aromatic carbocycles. The zero-order valence-corrected chi connectivity index (χ0v) is 23.1. The number of carbonyl (C=O) groups is 1. The molecule has 1 atom stereocenters. The number of aromatic nitrogens is 3. The molecule has 1 unspecified atom stereocenters. The fourth-order valence-corrected chi connectivity index (χ4v) is 5.06. The van der Waals surface area contributed by atoms with Gasteiger partial charge in [0.15, 0.2) is 0 Å². The summed E-state index contributed by atoms with van der Waals surface area (Å²) in [5.74, 6) is -2.57. The minimum Gasteiger partial charge on any atom is -0.478 e. The van der Waals surface area contributed by atoms with Gasteiger partial charge in [-0.2, -0.15) is 5.10 Å². The molecule has 2 aromatic heterocycles. The standard InChI is InChI=1S/C27H29ClF2N4O3Si/c1-38(2,3)7-6-37-15-34-25-13-20(17-4-5-22(28)21(11-17)27(35)36)26(33-24(25)14-32-34)23(31)10-16-8-18(29)12-19(30)9-16/h4-5,8-9,11-14,23H,6-7,10,15,31H2,1-3H3,(H,35,36). The highest BCUT2D eigenvalue weighted by atomic mass is 35.5. The first-order valence-electron chi connectivity index (χ1n) is 12.1. The molecule has 0 spiro atoms. The van der Waals surface area contributed by atoms with E-state index >= 15 is 0 Å². The molecule has 0 radical (unpaired) electrons. The molecule has 4 aromatic rings. The van der Waals surface area contributed by atoms with Crippen molar-refractivity contribution in [3.05, 3.63) is 82.1 Å². The van der Waals surface area contributed by atoms with Crippen LogP contribution in [0.1, 0.15) is 27.7 Å². The van der Waals surface area contributed by atoms with Crippen LogP contribution < -0.4 is 5.73 Å². The van der Waals surface area contributed by atoms with E-state index in [0.29, 0.717) is 40.0 Å². The first-order chi connectivity index (χ1) is 17.9. The summed E-state index contributed by atoms with van der Waals surface area (Å²) in [7, 11) is -1.25. The highest BCUT2D eigenvalue weighted by Gasteiger charge is 2.21. The van der Waals surface area contributed by atoms with Crippen LogP contribution in [0, 0.1) is 11.6 Å². The van der Waals surface area contributed by atoms with Gasteiger partial charge in [-0.25, -0.2) is 23.2 Å². The van der Waals surface area contributed by atoms with Crippen molar-refractivity contribution in [2.24, 2.45) is 5.73 Å². The Morgan fingerprint density at radius 3 is 2.53 bits per heavy atom. The second-order valence-electron chi connectivity index (χ2n) is 10.4. The Balaban J connectivity index is 1.76. The second-order valence-corrected chi connectivity index (χ2v) is 16.4. The zero-order chi connectivity index (χ0) is 27.6. The Morgan fingerprint density at radius 2 is 1.87 bits per heavy atom. The summed E-state index contributed by atoms with van der Waals surface area (Å²) in [6.45, 7) is 7.66. The summed E-state index contributed by atoms with van der Waals surface area (Å²) in [6, 6.07) is 9.97. The first kappa shape index (κ1) is 27.8. The van der Waals surface area contributed by atoms with Crippen LogP contribution in [0.4, 0.5) is 8.78 Å². The molecule has 0 saturated heterocycles. The van der Waals surface area contributed by atoms with E-state index in [2.05, 4.69) is 24.7 Å². The van der Waals surface area contributed by atoms with Crippen LogP contribution in [0.2, 0.25) is 30.7 Å². The van der Waals surface area contributed by atoms with Crippen LogP contribution in [0.15, 0.2) is 48.7 Å².